The zero-order valence-electron chi connectivity index (χ0n) is 47.3. The first-order chi connectivity index (χ1) is 34.6. The van der Waals surface area contributed by atoms with Crippen molar-refractivity contribution >= 4 is 66.9 Å². The fourth-order valence-electron chi connectivity index (χ4n) is 14.3. The van der Waals surface area contributed by atoms with Gasteiger partial charge in [-0.1, -0.05) is 178 Å². The average Bonchev–Trinajstić information content (AvgIpc) is 3.90. The van der Waals surface area contributed by atoms with Crippen LogP contribution < -0.4 is 20.0 Å². The molecule has 8 aromatic rings. The summed E-state index contributed by atoms with van der Waals surface area (Å²) in [6, 6.07) is 49.3. The van der Waals surface area contributed by atoms with Crippen molar-refractivity contribution in [3.63, 3.8) is 0 Å². The lowest BCUT2D eigenvalue weighted by Crippen LogP contribution is -2.61. The summed E-state index contributed by atoms with van der Waals surface area (Å²) in [7, 11) is 0. The first kappa shape index (κ1) is 47.8. The molecule has 1 aromatic heterocycles. The number of rotatable bonds is 2. The van der Waals surface area contributed by atoms with E-state index in [2.05, 4.69) is 249 Å². The molecule has 74 heavy (non-hydrogen) atoms. The van der Waals surface area contributed by atoms with E-state index in [4.69, 9.17) is 0 Å². The minimum absolute atomic E-state index is 0.0157. The molecule has 0 atom stereocenters. The van der Waals surface area contributed by atoms with Gasteiger partial charge in [-0.3, -0.25) is 0 Å². The largest absolute Gasteiger partial charge is 0.376 e. The van der Waals surface area contributed by atoms with Gasteiger partial charge in [-0.15, -0.1) is 11.3 Å². The summed E-state index contributed by atoms with van der Waals surface area (Å²) in [5.74, 6) is 0. The number of anilines is 5. The molecule has 0 fully saturated rings. The summed E-state index contributed by atoms with van der Waals surface area (Å²) in [4.78, 5) is 5.50. The third-order valence-electron chi connectivity index (χ3n) is 19.0. The molecule has 0 N–H and O–H groups in total. The Morgan fingerprint density at radius 2 is 1.01 bits per heavy atom. The molecule has 0 spiro atoms. The Balaban J connectivity index is 1.20. The highest BCUT2D eigenvalue weighted by molar-refractivity contribution is 7.32. The van der Waals surface area contributed by atoms with Crippen LogP contribution in [0, 0.1) is 0 Å². The summed E-state index contributed by atoms with van der Waals surface area (Å²) in [5, 5.41) is 1.33. The number of hydrogen-bond acceptors (Lipinski definition) is 3. The van der Waals surface area contributed by atoms with Gasteiger partial charge in [-0.25, -0.2) is 0 Å². The SMILES string of the molecule is CC(C)(C)c1ccc(N2B3c4sc5ccc(C(C)(C)C)cc5c4N(c4ccc(C(C)(C)C)cc4)c4cc5c(c(c43)-c3cc4c(cc32)C(C)(C)c2cc3c(cc2-4)C(C)(C)CCC3(C)C)C(C)(C)c2ccccc2-5)cc1. The maximum absolute atomic E-state index is 2.80. The Hall–Kier alpha value is -5.84. The fourth-order valence-corrected chi connectivity index (χ4v) is 15.6. The first-order valence-electron chi connectivity index (χ1n) is 27.7. The molecule has 0 bridgehead atoms. The van der Waals surface area contributed by atoms with Crippen LogP contribution in [-0.2, 0) is 37.9 Å². The molecule has 3 heterocycles. The number of fused-ring (bicyclic) bond motifs is 14. The Morgan fingerprint density at radius 3 is 1.64 bits per heavy atom. The van der Waals surface area contributed by atoms with Crippen LogP contribution >= 0.6 is 11.3 Å². The fraction of sp³-hybridized carbons (Fsp3) is 0.371. The molecule has 13 rings (SSSR count). The maximum atomic E-state index is 2.80. The van der Waals surface area contributed by atoms with Gasteiger partial charge < -0.3 is 9.71 Å². The maximum Gasteiger partial charge on any atom is 0.343 e. The van der Waals surface area contributed by atoms with Gasteiger partial charge >= 0.3 is 6.85 Å². The quantitative estimate of drug-likeness (QED) is 0.159. The molecular formula is C70H75BN2S. The highest BCUT2D eigenvalue weighted by Gasteiger charge is 2.53. The third-order valence-corrected chi connectivity index (χ3v) is 20.2. The van der Waals surface area contributed by atoms with Crippen LogP contribution in [0.5, 0.6) is 0 Å². The highest BCUT2D eigenvalue weighted by Crippen LogP contribution is 2.62. The van der Waals surface area contributed by atoms with Crippen molar-refractivity contribution < 1.29 is 0 Å². The predicted molar refractivity (Wildman–Crippen MR) is 322 cm³/mol. The zero-order valence-corrected chi connectivity index (χ0v) is 48.2. The van der Waals surface area contributed by atoms with Crippen molar-refractivity contribution in [1.82, 2.24) is 0 Å². The normalized spacial score (nSPS) is 18.0. The van der Waals surface area contributed by atoms with Gasteiger partial charge in [0, 0.05) is 54.0 Å². The third kappa shape index (κ3) is 6.55. The van der Waals surface area contributed by atoms with E-state index < -0.39 is 0 Å². The van der Waals surface area contributed by atoms with E-state index in [-0.39, 0.29) is 44.8 Å². The van der Waals surface area contributed by atoms with Gasteiger partial charge in [0.15, 0.2) is 0 Å². The molecule has 5 aliphatic rings. The molecule has 2 aliphatic heterocycles. The van der Waals surface area contributed by atoms with E-state index in [9.17, 15) is 0 Å². The van der Waals surface area contributed by atoms with Crippen LogP contribution in [0.25, 0.3) is 43.5 Å². The molecule has 4 heteroatoms. The van der Waals surface area contributed by atoms with Gasteiger partial charge in [0.2, 0.25) is 0 Å². The molecule has 7 aromatic carbocycles. The molecule has 374 valence electrons. The summed E-state index contributed by atoms with van der Waals surface area (Å²) >= 11 is 2.01. The van der Waals surface area contributed by atoms with Crippen LogP contribution in [0.3, 0.4) is 0 Å². The van der Waals surface area contributed by atoms with Crippen molar-refractivity contribution in [1.29, 1.82) is 0 Å². The Labute approximate surface area is 447 Å². The van der Waals surface area contributed by atoms with Gasteiger partial charge in [-0.2, -0.15) is 0 Å². The van der Waals surface area contributed by atoms with Gasteiger partial charge in [0.25, 0.3) is 0 Å². The lowest BCUT2D eigenvalue weighted by atomic mass is 9.45. The lowest BCUT2D eigenvalue weighted by Gasteiger charge is -2.46. The number of benzene rings is 7. The molecule has 3 aliphatic carbocycles. The smallest absolute Gasteiger partial charge is 0.343 e. The average molecular weight is 987 g/mol. The van der Waals surface area contributed by atoms with Gasteiger partial charge in [-0.05, 0) is 184 Å². The van der Waals surface area contributed by atoms with E-state index in [0.29, 0.717) is 0 Å². The van der Waals surface area contributed by atoms with Crippen LogP contribution in [0.4, 0.5) is 28.4 Å². The monoisotopic (exact) mass is 987 g/mol. The van der Waals surface area contributed by atoms with E-state index in [0.717, 1.165) is 0 Å². The van der Waals surface area contributed by atoms with Gasteiger partial charge in [0.1, 0.15) is 0 Å². The minimum Gasteiger partial charge on any atom is -0.376 e. The Bertz CT molecular complexity index is 3720. The molecular weight excluding hydrogens is 912 g/mol. The summed E-state index contributed by atoms with van der Waals surface area (Å²) in [5.41, 5.74) is 28.8. The Morgan fingerprint density at radius 1 is 0.459 bits per heavy atom. The molecule has 2 nitrogen and oxygen atoms in total. The van der Waals surface area contributed by atoms with Crippen LogP contribution in [0.15, 0.2) is 121 Å². The zero-order chi connectivity index (χ0) is 52.4. The van der Waals surface area contributed by atoms with E-state index in [1.165, 1.54) is 139 Å². The number of thiophene rings is 1. The standard InChI is InChI=1S/C70H75BN2S/c1-64(2,3)40-22-27-43(28-23-40)72-57-37-48-45-20-18-19-21-51(45)70(16,17)60(48)59-49-35-46-47-36-54-55(68(12,13)33-32-67(54,10)11)38-52(47)69(14,15)53(46)39-56(49)73(44-29-24-41(25-30-44)65(4,5)6)71(61(57)59)63-62(72)50-34-42(66(7,8)9)26-31-58(50)74-63/h18-31,34-39H,32-33H2,1-17H3. The van der Waals surface area contributed by atoms with E-state index >= 15 is 0 Å². The second kappa shape index (κ2) is 15.0. The van der Waals surface area contributed by atoms with Crippen molar-refractivity contribution in [2.45, 2.75) is 168 Å². The van der Waals surface area contributed by atoms with Crippen molar-refractivity contribution in [2.24, 2.45) is 0 Å². The topological polar surface area (TPSA) is 6.48 Å². The summed E-state index contributed by atoms with van der Waals surface area (Å²) < 4.78 is 2.74. The van der Waals surface area contributed by atoms with Crippen molar-refractivity contribution in [3.05, 3.63) is 171 Å². The second-order valence-corrected chi connectivity index (χ2v) is 29.6. The molecule has 0 saturated heterocycles. The number of nitrogens with zero attached hydrogens (tertiary/aromatic N) is 2. The molecule has 0 amide bonds. The number of hydrogen-bond donors (Lipinski definition) is 0. The minimum atomic E-state index is -0.249. The van der Waals surface area contributed by atoms with Crippen LogP contribution in [0.1, 0.15) is 181 Å². The van der Waals surface area contributed by atoms with Crippen LogP contribution in [-0.4, -0.2) is 6.85 Å². The summed E-state index contributed by atoms with van der Waals surface area (Å²) in [6.45, 7) is 40.9. The van der Waals surface area contributed by atoms with Crippen molar-refractivity contribution in [2.75, 3.05) is 9.71 Å². The molecule has 0 radical (unpaired) electrons. The lowest BCUT2D eigenvalue weighted by molar-refractivity contribution is 0.331. The Kier molecular flexibility index (Phi) is 9.68. The van der Waals surface area contributed by atoms with Crippen molar-refractivity contribution in [3.8, 4) is 33.4 Å². The second-order valence-electron chi connectivity index (χ2n) is 28.5. The van der Waals surface area contributed by atoms with E-state index in [1.807, 2.05) is 11.3 Å². The summed E-state index contributed by atoms with van der Waals surface area (Å²) in [6.07, 6.45) is 2.40. The first-order valence-corrected chi connectivity index (χ1v) is 28.5. The van der Waals surface area contributed by atoms with Gasteiger partial charge in [0.05, 0.1) is 5.69 Å². The van der Waals surface area contributed by atoms with E-state index in [1.54, 1.807) is 5.56 Å². The highest BCUT2D eigenvalue weighted by atomic mass is 32.1. The van der Waals surface area contributed by atoms with Crippen LogP contribution in [0.2, 0.25) is 0 Å². The predicted octanol–water partition coefficient (Wildman–Crippen LogP) is 18.5. The molecule has 0 saturated carbocycles. The molecule has 0 unspecified atom stereocenters.